The summed E-state index contributed by atoms with van der Waals surface area (Å²) >= 11 is 0. The van der Waals surface area contributed by atoms with Crippen LogP contribution in [0.3, 0.4) is 0 Å². The van der Waals surface area contributed by atoms with Crippen LogP contribution in [0.15, 0.2) is 65.2 Å². The fourth-order valence-corrected chi connectivity index (χ4v) is 4.33. The van der Waals surface area contributed by atoms with Crippen LogP contribution in [0, 0.1) is 6.92 Å². The first-order chi connectivity index (χ1) is 17.9. The van der Waals surface area contributed by atoms with E-state index in [2.05, 4.69) is 15.3 Å². The number of carboxylic acid groups (broad SMARTS) is 1. The third-order valence-corrected chi connectivity index (χ3v) is 6.29. The number of aryl methyl sites for hydroxylation is 1. The Morgan fingerprint density at radius 3 is 2.81 bits per heavy atom. The van der Waals surface area contributed by atoms with E-state index in [1.807, 2.05) is 37.3 Å². The molecule has 0 radical (unpaired) electrons. The molecular weight excluding hydrogens is 479 g/mol. The van der Waals surface area contributed by atoms with Crippen molar-refractivity contribution in [3.05, 3.63) is 77.5 Å². The van der Waals surface area contributed by atoms with E-state index in [0.29, 0.717) is 17.1 Å². The Labute approximate surface area is 211 Å². The second-order valence-electron chi connectivity index (χ2n) is 8.97. The molecule has 5 rings (SSSR count). The standard InChI is InChI=1S/C27H25FN4O5/c1-16-4-2-3-5-21(16)30-27-31-22-8-6-17(10-23(22)37-27)11-25(33)32-14-19(28)12-20(32)15-36-24-9-7-18(13-29-24)26(34)35/h2-10,13,19-20H,11-12,14-15H2,1H3,(H,30,31)(H,34,35)/t19-,20-/m0/s1. The van der Waals surface area contributed by atoms with E-state index in [0.717, 1.165) is 16.8 Å². The van der Waals surface area contributed by atoms with Gasteiger partial charge in [0.25, 0.3) is 6.01 Å². The van der Waals surface area contributed by atoms with Crippen molar-refractivity contribution >= 4 is 34.7 Å². The predicted octanol–water partition coefficient (Wildman–Crippen LogP) is 4.53. The van der Waals surface area contributed by atoms with Crippen molar-refractivity contribution in [3.8, 4) is 5.88 Å². The van der Waals surface area contributed by atoms with Crippen LogP contribution in [0.4, 0.5) is 16.1 Å². The first kappa shape index (κ1) is 24.2. The minimum Gasteiger partial charge on any atom is -0.478 e. The highest BCUT2D eigenvalue weighted by Crippen LogP contribution is 2.26. The third kappa shape index (κ3) is 5.53. The van der Waals surface area contributed by atoms with Gasteiger partial charge in [0.15, 0.2) is 5.58 Å². The van der Waals surface area contributed by atoms with Gasteiger partial charge in [0, 0.05) is 24.4 Å². The number of anilines is 2. The Kier molecular flexibility index (Phi) is 6.72. The van der Waals surface area contributed by atoms with Gasteiger partial charge in [-0.05, 0) is 42.3 Å². The van der Waals surface area contributed by atoms with Gasteiger partial charge in [0.05, 0.1) is 24.6 Å². The molecule has 2 N–H and O–H groups in total. The summed E-state index contributed by atoms with van der Waals surface area (Å²) in [7, 11) is 0. The number of nitrogens with zero attached hydrogens (tertiary/aromatic N) is 3. The molecule has 0 saturated carbocycles. The first-order valence-corrected chi connectivity index (χ1v) is 11.8. The van der Waals surface area contributed by atoms with Crippen LogP contribution in [-0.4, -0.2) is 57.2 Å². The highest BCUT2D eigenvalue weighted by molar-refractivity contribution is 5.87. The number of carboxylic acids is 1. The molecule has 4 aromatic rings. The lowest BCUT2D eigenvalue weighted by Crippen LogP contribution is -2.40. The lowest BCUT2D eigenvalue weighted by molar-refractivity contribution is -0.132. The van der Waals surface area contributed by atoms with Gasteiger partial charge in [-0.2, -0.15) is 4.98 Å². The number of carbonyl (C=O) groups excluding carboxylic acids is 1. The highest BCUT2D eigenvalue weighted by atomic mass is 19.1. The summed E-state index contributed by atoms with van der Waals surface area (Å²) < 4.78 is 25.7. The van der Waals surface area contributed by atoms with E-state index in [-0.39, 0.29) is 43.3 Å². The van der Waals surface area contributed by atoms with Crippen LogP contribution in [0.2, 0.25) is 0 Å². The largest absolute Gasteiger partial charge is 0.478 e. The topological polar surface area (TPSA) is 118 Å². The molecule has 0 aliphatic carbocycles. The first-order valence-electron chi connectivity index (χ1n) is 11.8. The molecule has 9 nitrogen and oxygen atoms in total. The van der Waals surface area contributed by atoms with Gasteiger partial charge < -0.3 is 24.5 Å². The molecule has 10 heteroatoms. The molecule has 2 atom stereocenters. The molecule has 2 aromatic heterocycles. The molecule has 1 aliphatic heterocycles. The molecule has 3 heterocycles. The summed E-state index contributed by atoms with van der Waals surface area (Å²) in [6.45, 7) is 2.03. The fraction of sp³-hybridized carbons (Fsp3) is 0.259. The van der Waals surface area contributed by atoms with Crippen LogP contribution in [0.25, 0.3) is 11.1 Å². The number of ether oxygens (including phenoxy) is 1. The van der Waals surface area contributed by atoms with Crippen molar-refractivity contribution in [3.63, 3.8) is 0 Å². The van der Waals surface area contributed by atoms with E-state index in [1.165, 1.54) is 23.2 Å². The van der Waals surface area contributed by atoms with Gasteiger partial charge in [-0.15, -0.1) is 0 Å². The van der Waals surface area contributed by atoms with Crippen LogP contribution in [0.1, 0.15) is 27.9 Å². The fourth-order valence-electron chi connectivity index (χ4n) is 4.33. The number of nitrogens with one attached hydrogen (secondary N) is 1. The van der Waals surface area contributed by atoms with Crippen LogP contribution in [-0.2, 0) is 11.2 Å². The average molecular weight is 505 g/mol. The van der Waals surface area contributed by atoms with Crippen molar-refractivity contribution in [2.24, 2.45) is 0 Å². The molecule has 0 unspecified atom stereocenters. The lowest BCUT2D eigenvalue weighted by atomic mass is 10.1. The maximum absolute atomic E-state index is 14.2. The maximum Gasteiger partial charge on any atom is 0.337 e. The van der Waals surface area contributed by atoms with Crippen LogP contribution >= 0.6 is 0 Å². The van der Waals surface area contributed by atoms with Crippen molar-refractivity contribution in [1.29, 1.82) is 0 Å². The van der Waals surface area contributed by atoms with E-state index in [4.69, 9.17) is 14.3 Å². The molecule has 190 valence electrons. The number of alkyl halides is 1. The van der Waals surface area contributed by atoms with Crippen molar-refractivity contribution in [1.82, 2.24) is 14.9 Å². The van der Waals surface area contributed by atoms with Crippen molar-refractivity contribution < 1.29 is 28.2 Å². The average Bonchev–Trinajstić information content (AvgIpc) is 3.46. The van der Waals surface area contributed by atoms with Crippen molar-refractivity contribution in [2.45, 2.75) is 32.0 Å². The second kappa shape index (κ2) is 10.3. The SMILES string of the molecule is Cc1ccccc1Nc1nc2ccc(CC(=O)N3C[C@@H](F)C[C@H]3COc3ccc(C(=O)O)cn3)cc2o1. The van der Waals surface area contributed by atoms with Gasteiger partial charge in [0.2, 0.25) is 11.8 Å². The molecular formula is C27H25FN4O5. The van der Waals surface area contributed by atoms with E-state index >= 15 is 0 Å². The zero-order valence-electron chi connectivity index (χ0n) is 20.1. The quantitative estimate of drug-likeness (QED) is 0.359. The number of benzene rings is 2. The number of para-hydroxylation sites is 1. The molecule has 1 aliphatic rings. The number of pyridine rings is 1. The van der Waals surface area contributed by atoms with Gasteiger partial charge in [0.1, 0.15) is 18.3 Å². The number of halogens is 1. The third-order valence-electron chi connectivity index (χ3n) is 6.29. The second-order valence-corrected chi connectivity index (χ2v) is 8.97. The molecule has 1 fully saturated rings. The Morgan fingerprint density at radius 1 is 1.22 bits per heavy atom. The number of rotatable bonds is 8. The molecule has 1 amide bonds. The molecule has 0 spiro atoms. The zero-order chi connectivity index (χ0) is 25.9. The minimum atomic E-state index is -1.15. The Hall–Kier alpha value is -4.47. The highest BCUT2D eigenvalue weighted by Gasteiger charge is 2.35. The molecule has 0 bridgehead atoms. The van der Waals surface area contributed by atoms with E-state index in [9.17, 15) is 14.0 Å². The van der Waals surface area contributed by atoms with Crippen molar-refractivity contribution in [2.75, 3.05) is 18.5 Å². The number of fused-ring (bicyclic) bond motifs is 1. The number of amides is 1. The summed E-state index contributed by atoms with van der Waals surface area (Å²) in [6.07, 6.45) is 0.279. The van der Waals surface area contributed by atoms with Gasteiger partial charge in [-0.1, -0.05) is 24.3 Å². The number of hydrogen-bond donors (Lipinski definition) is 2. The predicted molar refractivity (Wildman–Crippen MR) is 134 cm³/mol. The molecule has 1 saturated heterocycles. The number of aromatic nitrogens is 2. The summed E-state index contributed by atoms with van der Waals surface area (Å²) in [6, 6.07) is 15.9. The summed E-state index contributed by atoms with van der Waals surface area (Å²) in [4.78, 5) is 34.0. The van der Waals surface area contributed by atoms with Gasteiger partial charge in [-0.3, -0.25) is 4.79 Å². The van der Waals surface area contributed by atoms with Gasteiger partial charge in [-0.25, -0.2) is 14.2 Å². The van der Waals surface area contributed by atoms with Crippen LogP contribution in [0.5, 0.6) is 5.88 Å². The van der Waals surface area contributed by atoms with E-state index in [1.54, 1.807) is 12.1 Å². The zero-order valence-corrected chi connectivity index (χ0v) is 20.1. The Bertz CT molecular complexity index is 1440. The smallest absolute Gasteiger partial charge is 0.337 e. The molecule has 37 heavy (non-hydrogen) atoms. The van der Waals surface area contributed by atoms with Crippen LogP contribution < -0.4 is 10.1 Å². The molecule has 2 aromatic carbocycles. The Morgan fingerprint density at radius 2 is 2.05 bits per heavy atom. The normalized spacial score (nSPS) is 17.2. The lowest BCUT2D eigenvalue weighted by Gasteiger charge is -2.24. The Balaban J connectivity index is 1.23. The number of carbonyl (C=O) groups is 2. The summed E-state index contributed by atoms with van der Waals surface area (Å²) in [5, 5.41) is 12.1. The maximum atomic E-state index is 14.2. The summed E-state index contributed by atoms with van der Waals surface area (Å²) in [5.74, 6) is -1.10. The van der Waals surface area contributed by atoms with Gasteiger partial charge >= 0.3 is 5.97 Å². The minimum absolute atomic E-state index is 0.00666. The number of likely N-dealkylation sites (tertiary alicyclic amines) is 1. The van der Waals surface area contributed by atoms with E-state index < -0.39 is 18.2 Å². The number of oxazole rings is 1. The summed E-state index contributed by atoms with van der Waals surface area (Å²) in [5.41, 5.74) is 3.91. The monoisotopic (exact) mass is 504 g/mol. The number of hydrogen-bond acceptors (Lipinski definition) is 7. The number of aromatic carboxylic acids is 1.